The summed E-state index contributed by atoms with van der Waals surface area (Å²) in [6, 6.07) is 0. The molecule has 2 aliphatic rings. The Bertz CT molecular complexity index is 303. The Labute approximate surface area is 80.0 Å². The van der Waals surface area contributed by atoms with Crippen LogP contribution in [-0.2, 0) is 14.3 Å². The monoisotopic (exact) mass is 202 g/mol. The van der Waals surface area contributed by atoms with Crippen LogP contribution in [-0.4, -0.2) is 35.2 Å². The number of carbonyl (C=O) groups excluding carboxylic acids is 2. The molecule has 0 aromatic heterocycles. The molecule has 0 aromatic rings. The third kappa shape index (κ3) is 0.958. The summed E-state index contributed by atoms with van der Waals surface area (Å²) in [4.78, 5) is 22.3. The Balaban J connectivity index is 2.10. The predicted octanol–water partition coefficient (Wildman–Crippen LogP) is -0.163. The minimum absolute atomic E-state index is 0.0405. The second kappa shape index (κ2) is 2.76. The van der Waals surface area contributed by atoms with Gasteiger partial charge in [-0.05, 0) is 13.3 Å². The molecule has 78 valence electrons. The molecule has 14 heavy (non-hydrogen) atoms. The predicted molar refractivity (Wildman–Crippen MR) is 43.1 cm³/mol. The average molecular weight is 202 g/mol. The number of ether oxygens (including phenoxy) is 1. The zero-order valence-electron chi connectivity index (χ0n) is 7.70. The van der Waals surface area contributed by atoms with Crippen LogP contribution >= 0.6 is 0 Å². The molecule has 2 saturated carbocycles. The van der Waals surface area contributed by atoms with Gasteiger partial charge in [-0.3, -0.25) is 4.79 Å². The molecule has 5 heteroatoms. The molecule has 2 fully saturated rings. The normalized spacial score (nSPS) is 44.8. The smallest absolute Gasteiger partial charge is 0.344 e. The van der Waals surface area contributed by atoms with Crippen LogP contribution in [0, 0.1) is 11.8 Å². The fraction of sp³-hybridized carbons (Fsp3) is 0.778. The zero-order valence-corrected chi connectivity index (χ0v) is 7.70. The van der Waals surface area contributed by atoms with E-state index < -0.39 is 35.4 Å². The van der Waals surface area contributed by atoms with Crippen molar-refractivity contribution in [3.8, 4) is 0 Å². The highest BCUT2D eigenvalue weighted by molar-refractivity contribution is 6.02. The number of hydrogen-bond acceptors (Lipinski definition) is 4. The molecule has 0 radical (unpaired) electrons. The largest absolute Gasteiger partial charge is 0.464 e. The van der Waals surface area contributed by atoms with Crippen molar-refractivity contribution in [1.82, 2.24) is 0 Å². The van der Waals surface area contributed by atoms with Crippen LogP contribution in [0.1, 0.15) is 13.3 Å². The van der Waals surface area contributed by atoms with E-state index in [9.17, 15) is 14.0 Å². The number of alkyl halides is 1. The Morgan fingerprint density at radius 2 is 2.43 bits per heavy atom. The van der Waals surface area contributed by atoms with Gasteiger partial charge in [-0.15, -0.1) is 0 Å². The molecule has 4 nitrogen and oxygen atoms in total. The lowest BCUT2D eigenvalue weighted by Gasteiger charge is -2.11. The van der Waals surface area contributed by atoms with E-state index in [2.05, 4.69) is 4.74 Å². The molecular weight excluding hydrogens is 191 g/mol. The minimum atomic E-state index is -2.15. The van der Waals surface area contributed by atoms with Crippen molar-refractivity contribution in [3.05, 3.63) is 0 Å². The van der Waals surface area contributed by atoms with Crippen LogP contribution in [0.3, 0.4) is 0 Å². The molecule has 0 amide bonds. The molecule has 2 aliphatic carbocycles. The molecule has 1 N–H and O–H groups in total. The summed E-state index contributed by atoms with van der Waals surface area (Å²) in [5, 5.41) is 9.07. The number of Topliss-reactive ketones (excluding diaryl/α,β-unsaturated/α-hetero) is 1. The van der Waals surface area contributed by atoms with Gasteiger partial charge in [-0.25, -0.2) is 9.18 Å². The summed E-state index contributed by atoms with van der Waals surface area (Å²) < 4.78 is 18.3. The molecular formula is C9H11FO4. The number of esters is 1. The molecule has 2 rings (SSSR count). The van der Waals surface area contributed by atoms with Crippen molar-refractivity contribution in [3.63, 3.8) is 0 Å². The average Bonchev–Trinajstić information content (AvgIpc) is 2.58. The summed E-state index contributed by atoms with van der Waals surface area (Å²) >= 11 is 0. The van der Waals surface area contributed by atoms with E-state index in [-0.39, 0.29) is 13.0 Å². The molecule has 4 atom stereocenters. The minimum Gasteiger partial charge on any atom is -0.464 e. The van der Waals surface area contributed by atoms with Crippen LogP contribution in [0.4, 0.5) is 4.39 Å². The van der Waals surface area contributed by atoms with Crippen LogP contribution in [0.25, 0.3) is 0 Å². The summed E-state index contributed by atoms with van der Waals surface area (Å²) in [5.41, 5.74) is -2.15. The first-order valence-electron chi connectivity index (χ1n) is 4.61. The molecule has 4 unspecified atom stereocenters. The highest BCUT2D eigenvalue weighted by Gasteiger charge is 2.79. The van der Waals surface area contributed by atoms with Gasteiger partial charge < -0.3 is 9.84 Å². The third-order valence-electron chi connectivity index (χ3n) is 2.99. The molecule has 0 aliphatic heterocycles. The van der Waals surface area contributed by atoms with Gasteiger partial charge in [0.25, 0.3) is 0 Å². The third-order valence-corrected chi connectivity index (χ3v) is 2.99. The van der Waals surface area contributed by atoms with Crippen molar-refractivity contribution in [2.24, 2.45) is 11.8 Å². The van der Waals surface area contributed by atoms with E-state index in [0.29, 0.717) is 0 Å². The standard InChI is InChI=1S/C9H11FO4/c1-2-14-8(13)9(10)4-3-5(11)7(12)6(4)9/h4-6,11H,2-3H2,1H3. The van der Waals surface area contributed by atoms with Crippen molar-refractivity contribution in [2.45, 2.75) is 25.1 Å². The van der Waals surface area contributed by atoms with Crippen molar-refractivity contribution in [2.75, 3.05) is 6.61 Å². The van der Waals surface area contributed by atoms with E-state index in [0.717, 1.165) is 0 Å². The number of ketones is 1. The number of fused-ring (bicyclic) bond motifs is 1. The van der Waals surface area contributed by atoms with Gasteiger partial charge in [0.15, 0.2) is 5.78 Å². The summed E-state index contributed by atoms with van der Waals surface area (Å²) in [5.74, 6) is -3.15. The van der Waals surface area contributed by atoms with Gasteiger partial charge in [0, 0.05) is 5.92 Å². The number of aliphatic hydroxyl groups is 1. The lowest BCUT2D eigenvalue weighted by molar-refractivity contribution is -0.154. The molecule has 0 spiro atoms. The maximum absolute atomic E-state index is 13.8. The summed E-state index contributed by atoms with van der Waals surface area (Å²) in [6.07, 6.45) is -1.05. The van der Waals surface area contributed by atoms with E-state index in [1.807, 2.05) is 0 Å². The maximum atomic E-state index is 13.8. The fourth-order valence-corrected chi connectivity index (χ4v) is 2.22. The first-order chi connectivity index (χ1) is 6.53. The Hall–Kier alpha value is -0.970. The van der Waals surface area contributed by atoms with Crippen LogP contribution in [0.5, 0.6) is 0 Å². The molecule has 0 aromatic carbocycles. The summed E-state index contributed by atoms with van der Waals surface area (Å²) in [7, 11) is 0. The van der Waals surface area contributed by atoms with E-state index in [4.69, 9.17) is 5.11 Å². The quantitative estimate of drug-likeness (QED) is 0.632. The number of aliphatic hydroxyl groups excluding tert-OH is 1. The van der Waals surface area contributed by atoms with Gasteiger partial charge >= 0.3 is 5.97 Å². The van der Waals surface area contributed by atoms with Crippen LogP contribution in [0.2, 0.25) is 0 Å². The topological polar surface area (TPSA) is 63.6 Å². The van der Waals surface area contributed by atoms with E-state index >= 15 is 0 Å². The SMILES string of the molecule is CCOC(=O)C1(F)C2CC(O)C(=O)C21. The number of carbonyl (C=O) groups is 2. The van der Waals surface area contributed by atoms with Gasteiger partial charge in [0.1, 0.15) is 6.10 Å². The first-order valence-corrected chi connectivity index (χ1v) is 4.61. The Morgan fingerprint density at radius 1 is 1.79 bits per heavy atom. The van der Waals surface area contributed by atoms with Crippen molar-refractivity contribution >= 4 is 11.8 Å². The van der Waals surface area contributed by atoms with E-state index in [1.54, 1.807) is 6.92 Å². The highest BCUT2D eigenvalue weighted by atomic mass is 19.1. The highest BCUT2D eigenvalue weighted by Crippen LogP contribution is 2.61. The van der Waals surface area contributed by atoms with Crippen LogP contribution < -0.4 is 0 Å². The second-order valence-electron chi connectivity index (χ2n) is 3.73. The lowest BCUT2D eigenvalue weighted by atomic mass is 10.1. The van der Waals surface area contributed by atoms with Gasteiger partial charge in [0.2, 0.25) is 5.67 Å². The van der Waals surface area contributed by atoms with Gasteiger partial charge in [-0.1, -0.05) is 0 Å². The molecule has 0 bridgehead atoms. The Kier molecular flexibility index (Phi) is 1.89. The Morgan fingerprint density at radius 3 is 2.86 bits per heavy atom. The van der Waals surface area contributed by atoms with Crippen molar-refractivity contribution < 1.29 is 23.8 Å². The fourth-order valence-electron chi connectivity index (χ4n) is 2.22. The van der Waals surface area contributed by atoms with Crippen LogP contribution in [0.15, 0.2) is 0 Å². The summed E-state index contributed by atoms with van der Waals surface area (Å²) in [6.45, 7) is 1.68. The van der Waals surface area contributed by atoms with Crippen molar-refractivity contribution in [1.29, 1.82) is 0 Å². The first kappa shape index (κ1) is 9.58. The molecule has 0 heterocycles. The maximum Gasteiger partial charge on any atom is 0.344 e. The lowest BCUT2D eigenvalue weighted by Crippen LogP contribution is -2.32. The number of halogens is 1. The van der Waals surface area contributed by atoms with E-state index in [1.165, 1.54) is 0 Å². The number of rotatable bonds is 2. The van der Waals surface area contributed by atoms with Gasteiger partial charge in [0.05, 0.1) is 12.5 Å². The molecule has 0 saturated heterocycles. The second-order valence-corrected chi connectivity index (χ2v) is 3.73. The number of hydrogen-bond donors (Lipinski definition) is 1. The zero-order chi connectivity index (χ0) is 10.5. The van der Waals surface area contributed by atoms with Gasteiger partial charge in [-0.2, -0.15) is 0 Å².